The fourth-order valence-electron chi connectivity index (χ4n) is 3.02. The van der Waals surface area contributed by atoms with Gasteiger partial charge in [0.15, 0.2) is 0 Å². The van der Waals surface area contributed by atoms with Crippen molar-refractivity contribution in [2.45, 2.75) is 50.7 Å². The van der Waals surface area contributed by atoms with Crippen LogP contribution in [-0.2, 0) is 11.4 Å². The molecule has 1 heterocycles. The number of aliphatic hydroxyl groups is 1. The lowest BCUT2D eigenvalue weighted by atomic mass is 9.82. The molecule has 128 valence electrons. The van der Waals surface area contributed by atoms with E-state index in [1.807, 2.05) is 23.6 Å². The van der Waals surface area contributed by atoms with Crippen LogP contribution in [0.15, 0.2) is 35.2 Å². The molecule has 6 heteroatoms. The summed E-state index contributed by atoms with van der Waals surface area (Å²) in [5.41, 5.74) is 2.48. The maximum absolute atomic E-state index is 12.2. The van der Waals surface area contributed by atoms with Gasteiger partial charge in [0.25, 0.3) is 0 Å². The molecule has 24 heavy (non-hydrogen) atoms. The van der Waals surface area contributed by atoms with Gasteiger partial charge >= 0.3 is 0 Å². The summed E-state index contributed by atoms with van der Waals surface area (Å²) in [7, 11) is 0. The second-order valence-corrected chi connectivity index (χ2v) is 7.02. The molecule has 1 amide bonds. The van der Waals surface area contributed by atoms with E-state index in [-0.39, 0.29) is 12.3 Å². The highest BCUT2D eigenvalue weighted by atomic mass is 32.1. The molecule has 3 rings (SSSR count). The highest BCUT2D eigenvalue weighted by molar-refractivity contribution is 7.07. The number of ether oxygens (including phenoxy) is 1. The molecule has 0 saturated heterocycles. The number of hydrogen-bond acceptors (Lipinski definition) is 5. The number of nitrogens with zero attached hydrogens (tertiary/aromatic N) is 1. The van der Waals surface area contributed by atoms with Crippen LogP contribution in [0.4, 0.5) is 5.69 Å². The highest BCUT2D eigenvalue weighted by Crippen LogP contribution is 2.31. The number of benzene rings is 1. The fourth-order valence-corrected chi connectivity index (χ4v) is 3.56. The molecule has 0 atom stereocenters. The molecule has 0 aliphatic heterocycles. The van der Waals surface area contributed by atoms with Crippen LogP contribution in [0.25, 0.3) is 0 Å². The third kappa shape index (κ3) is 4.79. The van der Waals surface area contributed by atoms with Crippen molar-refractivity contribution in [1.82, 2.24) is 4.98 Å². The van der Waals surface area contributed by atoms with Gasteiger partial charge in [-0.2, -0.15) is 0 Å². The first-order chi connectivity index (χ1) is 11.6. The molecule has 1 saturated carbocycles. The third-order valence-electron chi connectivity index (χ3n) is 4.26. The summed E-state index contributed by atoms with van der Waals surface area (Å²) in [6.07, 6.45) is 4.68. The summed E-state index contributed by atoms with van der Waals surface area (Å²) in [4.78, 5) is 16.4. The topological polar surface area (TPSA) is 71.5 Å². The predicted molar refractivity (Wildman–Crippen MR) is 94.2 cm³/mol. The van der Waals surface area contributed by atoms with Gasteiger partial charge < -0.3 is 15.2 Å². The van der Waals surface area contributed by atoms with Crippen molar-refractivity contribution in [2.24, 2.45) is 0 Å². The number of aromatic nitrogens is 1. The number of carbonyl (C=O) groups excluding carboxylic acids is 1. The molecule has 0 radical (unpaired) electrons. The van der Waals surface area contributed by atoms with E-state index in [1.54, 1.807) is 11.6 Å². The third-order valence-corrected chi connectivity index (χ3v) is 4.90. The van der Waals surface area contributed by atoms with E-state index in [0.29, 0.717) is 30.9 Å². The molecular weight excluding hydrogens is 324 g/mol. The van der Waals surface area contributed by atoms with Crippen LogP contribution in [0.5, 0.6) is 5.75 Å². The van der Waals surface area contributed by atoms with Crippen molar-refractivity contribution in [1.29, 1.82) is 0 Å². The summed E-state index contributed by atoms with van der Waals surface area (Å²) < 4.78 is 5.69. The Labute approximate surface area is 145 Å². The smallest absolute Gasteiger partial charge is 0.227 e. The minimum Gasteiger partial charge on any atom is -0.487 e. The van der Waals surface area contributed by atoms with Crippen molar-refractivity contribution in [2.75, 3.05) is 5.32 Å². The fraction of sp³-hybridized carbons (Fsp3) is 0.444. The van der Waals surface area contributed by atoms with Gasteiger partial charge in [0.2, 0.25) is 5.91 Å². The number of rotatable bonds is 6. The molecule has 1 fully saturated rings. The molecule has 2 N–H and O–H groups in total. The highest BCUT2D eigenvalue weighted by Gasteiger charge is 2.31. The summed E-state index contributed by atoms with van der Waals surface area (Å²) in [6.45, 7) is 0.403. The van der Waals surface area contributed by atoms with E-state index in [0.717, 1.165) is 25.0 Å². The normalized spacial score (nSPS) is 16.5. The molecule has 1 aromatic heterocycles. The monoisotopic (exact) mass is 346 g/mol. The molecule has 1 aliphatic carbocycles. The van der Waals surface area contributed by atoms with Crippen molar-refractivity contribution in [3.63, 3.8) is 0 Å². The molecule has 1 aliphatic rings. The molecule has 0 spiro atoms. The van der Waals surface area contributed by atoms with E-state index < -0.39 is 5.60 Å². The van der Waals surface area contributed by atoms with E-state index in [2.05, 4.69) is 10.3 Å². The van der Waals surface area contributed by atoms with Crippen LogP contribution in [0.3, 0.4) is 0 Å². The van der Waals surface area contributed by atoms with Gasteiger partial charge in [-0.25, -0.2) is 4.98 Å². The summed E-state index contributed by atoms with van der Waals surface area (Å²) in [5, 5.41) is 15.3. The minimum absolute atomic E-state index is 0.150. The zero-order valence-electron chi connectivity index (χ0n) is 13.5. The Balaban J connectivity index is 1.54. The maximum Gasteiger partial charge on any atom is 0.227 e. The Kier molecular flexibility index (Phi) is 5.48. The lowest BCUT2D eigenvalue weighted by Crippen LogP contribution is -2.35. The Hall–Kier alpha value is -1.92. The van der Waals surface area contributed by atoms with Gasteiger partial charge in [-0.15, -0.1) is 11.3 Å². The van der Waals surface area contributed by atoms with Gasteiger partial charge in [-0.1, -0.05) is 25.3 Å². The van der Waals surface area contributed by atoms with E-state index in [4.69, 9.17) is 4.74 Å². The quantitative estimate of drug-likeness (QED) is 0.836. The lowest BCUT2D eigenvalue weighted by Gasteiger charge is -2.31. The second kappa shape index (κ2) is 7.77. The first kappa shape index (κ1) is 16.9. The van der Waals surface area contributed by atoms with E-state index >= 15 is 0 Å². The van der Waals surface area contributed by atoms with Gasteiger partial charge in [-0.05, 0) is 25.0 Å². The Morgan fingerprint density at radius 1 is 1.33 bits per heavy atom. The van der Waals surface area contributed by atoms with Gasteiger partial charge in [-0.3, -0.25) is 4.79 Å². The van der Waals surface area contributed by atoms with Crippen LogP contribution >= 0.6 is 11.3 Å². The molecule has 0 unspecified atom stereocenters. The number of amides is 1. The summed E-state index contributed by atoms with van der Waals surface area (Å²) in [5.74, 6) is 0.522. The van der Waals surface area contributed by atoms with Crippen molar-refractivity contribution in [3.05, 3.63) is 40.8 Å². The Morgan fingerprint density at radius 2 is 2.17 bits per heavy atom. The van der Waals surface area contributed by atoms with Crippen LogP contribution in [0.2, 0.25) is 0 Å². The Morgan fingerprint density at radius 3 is 2.92 bits per heavy atom. The number of anilines is 1. The number of thiazole rings is 1. The van der Waals surface area contributed by atoms with E-state index in [9.17, 15) is 9.90 Å². The predicted octanol–water partition coefficient (Wildman–Crippen LogP) is 3.75. The number of nitrogens with one attached hydrogen (secondary N) is 1. The van der Waals surface area contributed by atoms with Gasteiger partial charge in [0.05, 0.1) is 23.2 Å². The zero-order valence-corrected chi connectivity index (χ0v) is 14.3. The SMILES string of the molecule is O=C(CC1(O)CCCCC1)Nc1cccc(OCc2cscn2)c1. The van der Waals surface area contributed by atoms with Crippen LogP contribution < -0.4 is 10.1 Å². The largest absolute Gasteiger partial charge is 0.487 e. The average molecular weight is 346 g/mol. The molecule has 5 nitrogen and oxygen atoms in total. The van der Waals surface area contributed by atoms with Crippen molar-refractivity contribution in [3.8, 4) is 5.75 Å². The van der Waals surface area contributed by atoms with Crippen molar-refractivity contribution < 1.29 is 14.6 Å². The van der Waals surface area contributed by atoms with Crippen molar-refractivity contribution >= 4 is 22.9 Å². The number of carbonyl (C=O) groups is 1. The van der Waals surface area contributed by atoms with Crippen LogP contribution in [-0.4, -0.2) is 21.6 Å². The van der Waals surface area contributed by atoms with E-state index in [1.165, 1.54) is 11.3 Å². The average Bonchev–Trinajstić information content (AvgIpc) is 3.07. The first-order valence-electron chi connectivity index (χ1n) is 8.25. The number of hydrogen-bond donors (Lipinski definition) is 2. The van der Waals surface area contributed by atoms with Gasteiger partial charge in [0, 0.05) is 17.1 Å². The molecule has 1 aromatic carbocycles. The molecular formula is C18H22N2O3S. The van der Waals surface area contributed by atoms with Gasteiger partial charge in [0.1, 0.15) is 12.4 Å². The minimum atomic E-state index is -0.846. The summed E-state index contributed by atoms with van der Waals surface area (Å²) in [6, 6.07) is 7.28. The second-order valence-electron chi connectivity index (χ2n) is 6.31. The Bertz CT molecular complexity index is 667. The summed E-state index contributed by atoms with van der Waals surface area (Å²) >= 11 is 1.53. The standard InChI is InChI=1S/C18H22N2O3S/c21-17(10-18(22)7-2-1-3-8-18)20-14-5-4-6-16(9-14)23-11-15-12-24-13-19-15/h4-6,9,12-13,22H,1-3,7-8,10-11H2,(H,20,21). The molecule has 2 aromatic rings. The van der Waals surface area contributed by atoms with Crippen LogP contribution in [0, 0.1) is 0 Å². The molecule has 0 bridgehead atoms. The zero-order chi connectivity index (χ0) is 16.8. The van der Waals surface area contributed by atoms with Crippen LogP contribution in [0.1, 0.15) is 44.2 Å². The first-order valence-corrected chi connectivity index (χ1v) is 9.19. The lowest BCUT2D eigenvalue weighted by molar-refractivity contribution is -0.122. The maximum atomic E-state index is 12.2.